The predicted molar refractivity (Wildman–Crippen MR) is 104 cm³/mol. The zero-order chi connectivity index (χ0) is 19.6. The Morgan fingerprint density at radius 1 is 1.00 bits per heavy atom. The zero-order valence-electron chi connectivity index (χ0n) is 14.4. The fraction of sp³-hybridized carbons (Fsp3) is 0.0526. The SMILES string of the molecule is O=S(=O)(Nc1ccccc1Cc1nc(-c2ccco2)no1)c1ccc(Cl)cc1. The molecule has 0 aliphatic rings. The average Bonchev–Trinajstić information content (AvgIpc) is 3.35. The molecule has 1 N–H and O–H groups in total. The minimum Gasteiger partial charge on any atom is -0.461 e. The first-order valence-corrected chi connectivity index (χ1v) is 10.1. The highest BCUT2D eigenvalue weighted by molar-refractivity contribution is 7.92. The van der Waals surface area contributed by atoms with Gasteiger partial charge in [-0.05, 0) is 48.0 Å². The molecule has 0 aliphatic heterocycles. The van der Waals surface area contributed by atoms with Crippen molar-refractivity contribution in [2.75, 3.05) is 4.72 Å². The lowest BCUT2D eigenvalue weighted by atomic mass is 10.1. The van der Waals surface area contributed by atoms with Gasteiger partial charge in [0.15, 0.2) is 5.76 Å². The molecule has 0 spiro atoms. The number of furan rings is 1. The van der Waals surface area contributed by atoms with Gasteiger partial charge in [0.2, 0.25) is 11.7 Å². The van der Waals surface area contributed by atoms with Crippen molar-refractivity contribution in [1.82, 2.24) is 10.1 Å². The second-order valence-electron chi connectivity index (χ2n) is 5.88. The van der Waals surface area contributed by atoms with Crippen molar-refractivity contribution in [2.45, 2.75) is 11.3 Å². The number of hydrogen-bond donors (Lipinski definition) is 1. The molecule has 0 bridgehead atoms. The van der Waals surface area contributed by atoms with Crippen LogP contribution < -0.4 is 4.72 Å². The van der Waals surface area contributed by atoms with Gasteiger partial charge in [-0.15, -0.1) is 0 Å². The Balaban J connectivity index is 1.58. The summed E-state index contributed by atoms with van der Waals surface area (Å²) in [4.78, 5) is 4.41. The first-order chi connectivity index (χ1) is 13.5. The molecule has 0 atom stereocenters. The molecule has 0 amide bonds. The molecule has 0 saturated carbocycles. The molecule has 0 unspecified atom stereocenters. The molecule has 0 fully saturated rings. The van der Waals surface area contributed by atoms with Crippen LogP contribution in [0, 0.1) is 0 Å². The highest BCUT2D eigenvalue weighted by Crippen LogP contribution is 2.24. The summed E-state index contributed by atoms with van der Waals surface area (Å²) in [6.07, 6.45) is 1.78. The van der Waals surface area contributed by atoms with E-state index in [9.17, 15) is 8.42 Å². The zero-order valence-corrected chi connectivity index (χ0v) is 15.9. The van der Waals surface area contributed by atoms with Crippen LogP contribution in [-0.4, -0.2) is 18.6 Å². The van der Waals surface area contributed by atoms with Gasteiger partial charge >= 0.3 is 0 Å². The molecule has 7 nitrogen and oxygen atoms in total. The first-order valence-electron chi connectivity index (χ1n) is 8.24. The van der Waals surface area contributed by atoms with Crippen LogP contribution in [0.2, 0.25) is 5.02 Å². The van der Waals surface area contributed by atoms with Gasteiger partial charge in [0.1, 0.15) is 0 Å². The van der Waals surface area contributed by atoms with Gasteiger partial charge < -0.3 is 8.94 Å². The summed E-state index contributed by atoms with van der Waals surface area (Å²) in [5.74, 6) is 1.16. The monoisotopic (exact) mass is 415 g/mol. The van der Waals surface area contributed by atoms with Crippen LogP contribution in [-0.2, 0) is 16.4 Å². The molecule has 0 saturated heterocycles. The summed E-state index contributed by atoms with van der Waals surface area (Å²) in [6.45, 7) is 0. The summed E-state index contributed by atoms with van der Waals surface area (Å²) in [7, 11) is -3.77. The third kappa shape index (κ3) is 3.92. The molecule has 142 valence electrons. The van der Waals surface area contributed by atoms with Gasteiger partial charge in [-0.3, -0.25) is 4.72 Å². The van der Waals surface area contributed by atoms with Gasteiger partial charge in [-0.1, -0.05) is 35.0 Å². The lowest BCUT2D eigenvalue weighted by Gasteiger charge is -2.11. The molecule has 2 aromatic carbocycles. The number of benzene rings is 2. The van der Waals surface area contributed by atoms with E-state index in [0.29, 0.717) is 33.7 Å². The summed E-state index contributed by atoms with van der Waals surface area (Å²) in [5, 5.41) is 4.35. The van der Waals surface area contributed by atoms with Crippen molar-refractivity contribution in [2.24, 2.45) is 0 Å². The highest BCUT2D eigenvalue weighted by atomic mass is 35.5. The number of para-hydroxylation sites is 1. The van der Waals surface area contributed by atoms with Crippen LogP contribution >= 0.6 is 11.6 Å². The Kier molecular flexibility index (Phi) is 4.89. The molecular formula is C19H14ClN3O4S. The van der Waals surface area contributed by atoms with Crippen LogP contribution in [0.15, 0.2) is 80.8 Å². The number of aromatic nitrogens is 2. The maximum absolute atomic E-state index is 12.7. The van der Waals surface area contributed by atoms with Crippen molar-refractivity contribution >= 4 is 27.3 Å². The summed E-state index contributed by atoms with van der Waals surface area (Å²) in [5.41, 5.74) is 1.12. The maximum Gasteiger partial charge on any atom is 0.261 e. The van der Waals surface area contributed by atoms with Gasteiger partial charge in [0.25, 0.3) is 10.0 Å². The molecule has 4 aromatic rings. The molecule has 0 radical (unpaired) electrons. The quantitative estimate of drug-likeness (QED) is 0.502. The molecule has 4 rings (SSSR count). The Bertz CT molecular complexity index is 1190. The van der Waals surface area contributed by atoms with Crippen LogP contribution in [0.25, 0.3) is 11.6 Å². The topological polar surface area (TPSA) is 98.2 Å². The number of rotatable bonds is 6. The van der Waals surface area contributed by atoms with Crippen molar-refractivity contribution in [1.29, 1.82) is 0 Å². The minimum absolute atomic E-state index is 0.115. The summed E-state index contributed by atoms with van der Waals surface area (Å²) in [6, 6.07) is 16.4. The number of halogens is 1. The van der Waals surface area contributed by atoms with E-state index in [2.05, 4.69) is 14.9 Å². The van der Waals surface area contributed by atoms with Crippen LogP contribution in [0.1, 0.15) is 11.5 Å². The van der Waals surface area contributed by atoms with Gasteiger partial charge in [-0.25, -0.2) is 8.42 Å². The second-order valence-corrected chi connectivity index (χ2v) is 8.00. The van der Waals surface area contributed by atoms with E-state index in [0.717, 1.165) is 0 Å². The van der Waals surface area contributed by atoms with Crippen LogP contribution in [0.3, 0.4) is 0 Å². The Labute approximate surface area is 166 Å². The molecule has 0 aliphatic carbocycles. The van der Waals surface area contributed by atoms with E-state index in [-0.39, 0.29) is 11.3 Å². The fourth-order valence-corrected chi connectivity index (χ4v) is 3.81. The van der Waals surface area contributed by atoms with E-state index in [1.165, 1.54) is 30.5 Å². The average molecular weight is 416 g/mol. The summed E-state index contributed by atoms with van der Waals surface area (Å²) < 4.78 is 38.4. The van der Waals surface area contributed by atoms with Gasteiger partial charge in [-0.2, -0.15) is 4.98 Å². The Hall–Kier alpha value is -3.10. The summed E-state index contributed by atoms with van der Waals surface area (Å²) >= 11 is 5.83. The third-order valence-electron chi connectivity index (χ3n) is 3.94. The van der Waals surface area contributed by atoms with E-state index < -0.39 is 10.0 Å². The van der Waals surface area contributed by atoms with Crippen molar-refractivity contribution < 1.29 is 17.4 Å². The standard InChI is InChI=1S/C19H14ClN3O4S/c20-14-7-9-15(10-8-14)28(24,25)23-16-5-2-1-4-13(16)12-18-21-19(22-27-18)17-6-3-11-26-17/h1-11,23H,12H2. The molecule has 28 heavy (non-hydrogen) atoms. The van der Waals surface area contributed by atoms with E-state index in [4.69, 9.17) is 20.5 Å². The molecule has 2 aromatic heterocycles. The molecular weight excluding hydrogens is 402 g/mol. The number of sulfonamides is 1. The Morgan fingerprint density at radius 2 is 1.79 bits per heavy atom. The van der Waals surface area contributed by atoms with E-state index in [1.54, 1.807) is 36.4 Å². The minimum atomic E-state index is -3.77. The van der Waals surface area contributed by atoms with Crippen molar-refractivity contribution in [3.63, 3.8) is 0 Å². The second kappa shape index (κ2) is 7.49. The van der Waals surface area contributed by atoms with Gasteiger partial charge in [0, 0.05) is 5.02 Å². The van der Waals surface area contributed by atoms with Gasteiger partial charge in [0.05, 0.1) is 23.3 Å². The first kappa shape index (κ1) is 18.3. The number of nitrogens with one attached hydrogen (secondary N) is 1. The van der Waals surface area contributed by atoms with Crippen LogP contribution in [0.5, 0.6) is 0 Å². The number of nitrogens with zero attached hydrogens (tertiary/aromatic N) is 2. The van der Waals surface area contributed by atoms with Crippen LogP contribution in [0.4, 0.5) is 5.69 Å². The number of hydrogen-bond acceptors (Lipinski definition) is 6. The Morgan fingerprint density at radius 3 is 2.54 bits per heavy atom. The highest BCUT2D eigenvalue weighted by Gasteiger charge is 2.18. The molecule has 9 heteroatoms. The fourth-order valence-electron chi connectivity index (χ4n) is 2.59. The largest absolute Gasteiger partial charge is 0.461 e. The lowest BCUT2D eigenvalue weighted by molar-refractivity contribution is 0.384. The third-order valence-corrected chi connectivity index (χ3v) is 5.57. The smallest absolute Gasteiger partial charge is 0.261 e. The normalized spacial score (nSPS) is 11.5. The van der Waals surface area contributed by atoms with Crippen molar-refractivity contribution in [3.05, 3.63) is 83.4 Å². The lowest BCUT2D eigenvalue weighted by Crippen LogP contribution is -2.14. The van der Waals surface area contributed by atoms with E-state index in [1.807, 2.05) is 0 Å². The van der Waals surface area contributed by atoms with E-state index >= 15 is 0 Å². The number of anilines is 1. The predicted octanol–water partition coefficient (Wildman–Crippen LogP) is 4.37. The van der Waals surface area contributed by atoms with Crippen molar-refractivity contribution in [3.8, 4) is 11.6 Å². The maximum atomic E-state index is 12.7. The molecule has 2 heterocycles.